The van der Waals surface area contributed by atoms with Gasteiger partial charge in [0.2, 0.25) is 0 Å². The van der Waals surface area contributed by atoms with Crippen molar-refractivity contribution in [2.45, 2.75) is 13.1 Å². The molecule has 0 aliphatic heterocycles. The zero-order chi connectivity index (χ0) is 25.3. The van der Waals surface area contributed by atoms with Crippen LogP contribution in [-0.4, -0.2) is 58.6 Å². The molecule has 1 aromatic heterocycles. The van der Waals surface area contributed by atoms with Crippen molar-refractivity contribution in [2.75, 3.05) is 38.9 Å². The summed E-state index contributed by atoms with van der Waals surface area (Å²) in [6, 6.07) is 22.2. The highest BCUT2D eigenvalue weighted by Gasteiger charge is 2.10. The number of nitrogens with one attached hydrogen (secondary N) is 1. The Bertz CT molecular complexity index is 1200. The summed E-state index contributed by atoms with van der Waals surface area (Å²) in [5.74, 6) is 0.524. The van der Waals surface area contributed by atoms with Crippen molar-refractivity contribution in [1.82, 2.24) is 14.8 Å². The number of phenols is 2. The number of halogens is 1. The largest absolute Gasteiger partial charge is 0.508 e. The van der Waals surface area contributed by atoms with E-state index >= 15 is 0 Å². The lowest BCUT2D eigenvalue weighted by Crippen LogP contribution is -2.34. The number of ether oxygens (including phenoxy) is 1. The van der Waals surface area contributed by atoms with Crippen LogP contribution in [0.15, 0.2) is 79.0 Å². The topological polar surface area (TPSA) is 81.1 Å². The maximum Gasteiger partial charge on any atom is 0.118 e. The predicted octanol–water partition coefficient (Wildman–Crippen LogP) is 5.28. The number of nitrogens with zero attached hydrogens (tertiary/aromatic N) is 3. The van der Waals surface area contributed by atoms with Crippen LogP contribution in [0.1, 0.15) is 11.1 Å². The molecule has 0 bridgehead atoms. The Balaban J connectivity index is 1.27. The predicted molar refractivity (Wildman–Crippen MR) is 144 cm³/mol. The highest BCUT2D eigenvalue weighted by atomic mass is 35.5. The van der Waals surface area contributed by atoms with Gasteiger partial charge < -0.3 is 20.3 Å². The Kier molecular flexibility index (Phi) is 8.97. The molecule has 0 saturated carbocycles. The van der Waals surface area contributed by atoms with Gasteiger partial charge >= 0.3 is 0 Å². The molecule has 0 spiro atoms. The van der Waals surface area contributed by atoms with E-state index in [1.165, 1.54) is 0 Å². The van der Waals surface area contributed by atoms with E-state index in [0.717, 1.165) is 53.9 Å². The lowest BCUT2D eigenvalue weighted by Gasteiger charge is -2.26. The number of benzene rings is 3. The van der Waals surface area contributed by atoms with Gasteiger partial charge in [0.25, 0.3) is 0 Å². The fourth-order valence-corrected chi connectivity index (χ4v) is 4.08. The van der Waals surface area contributed by atoms with Crippen LogP contribution in [0.25, 0.3) is 10.9 Å². The molecular formula is C28H31ClN4O3. The minimum Gasteiger partial charge on any atom is -0.508 e. The summed E-state index contributed by atoms with van der Waals surface area (Å²) >= 11 is 6.07. The number of aromatic hydroxyl groups is 2. The summed E-state index contributed by atoms with van der Waals surface area (Å²) in [6.45, 7) is 3.98. The van der Waals surface area contributed by atoms with Crippen molar-refractivity contribution >= 4 is 28.2 Å². The molecule has 7 nitrogen and oxygen atoms in total. The van der Waals surface area contributed by atoms with Crippen molar-refractivity contribution in [3.63, 3.8) is 0 Å². The average Bonchev–Trinajstić information content (AvgIpc) is 2.87. The summed E-state index contributed by atoms with van der Waals surface area (Å²) in [5.41, 5.74) is 4.04. The second-order valence-corrected chi connectivity index (χ2v) is 9.23. The number of phenolic OH excluding ortho intramolecular Hbond substituents is 2. The van der Waals surface area contributed by atoms with Gasteiger partial charge in [-0.1, -0.05) is 35.9 Å². The van der Waals surface area contributed by atoms with Crippen molar-refractivity contribution < 1.29 is 14.9 Å². The number of likely N-dealkylation sites (N-methyl/N-ethyl adjacent to an activating group) is 1. The minimum absolute atomic E-state index is 0.262. The number of aromatic nitrogens is 1. The molecule has 3 N–H and O–H groups in total. The number of fused-ring (bicyclic) bond motifs is 1. The van der Waals surface area contributed by atoms with Gasteiger partial charge in [0.05, 0.1) is 5.52 Å². The van der Waals surface area contributed by atoms with Gasteiger partial charge in [-0.15, -0.1) is 0 Å². The highest BCUT2D eigenvalue weighted by Crippen LogP contribution is 2.24. The first-order valence-corrected chi connectivity index (χ1v) is 12.2. The van der Waals surface area contributed by atoms with Crippen LogP contribution in [-0.2, 0) is 17.8 Å². The molecule has 3 aromatic carbocycles. The van der Waals surface area contributed by atoms with Crippen LogP contribution in [0.4, 0.5) is 5.69 Å². The van der Waals surface area contributed by atoms with Crippen LogP contribution < -0.4 is 5.32 Å². The van der Waals surface area contributed by atoms with Gasteiger partial charge in [-0.05, 0) is 66.7 Å². The van der Waals surface area contributed by atoms with Gasteiger partial charge in [0, 0.05) is 48.5 Å². The second kappa shape index (κ2) is 12.6. The molecule has 36 heavy (non-hydrogen) atoms. The van der Waals surface area contributed by atoms with Gasteiger partial charge in [-0.25, -0.2) is 0 Å². The van der Waals surface area contributed by atoms with Crippen LogP contribution >= 0.6 is 11.6 Å². The number of anilines is 1. The van der Waals surface area contributed by atoms with E-state index in [-0.39, 0.29) is 11.5 Å². The second-order valence-electron chi connectivity index (χ2n) is 8.80. The molecule has 4 rings (SSSR count). The zero-order valence-electron chi connectivity index (χ0n) is 20.3. The smallest absolute Gasteiger partial charge is 0.118 e. The van der Waals surface area contributed by atoms with Gasteiger partial charge in [0.15, 0.2) is 0 Å². The number of hydrogen-bond donors (Lipinski definition) is 3. The molecule has 0 unspecified atom stereocenters. The van der Waals surface area contributed by atoms with E-state index in [4.69, 9.17) is 16.3 Å². The van der Waals surface area contributed by atoms with Gasteiger partial charge in [-0.2, -0.15) is 0 Å². The van der Waals surface area contributed by atoms with E-state index < -0.39 is 0 Å². The summed E-state index contributed by atoms with van der Waals surface area (Å²) in [4.78, 5) is 8.83. The van der Waals surface area contributed by atoms with Gasteiger partial charge in [-0.3, -0.25) is 14.8 Å². The first kappa shape index (κ1) is 25.7. The SMILES string of the molecule is CN(CCN(Cc1ccc(O)cc1)Cc1ccc(O)cc1)COCNc1ccnc2cc(Cl)ccc12. The highest BCUT2D eigenvalue weighted by molar-refractivity contribution is 6.31. The Labute approximate surface area is 216 Å². The third-order valence-electron chi connectivity index (χ3n) is 5.86. The third-order valence-corrected chi connectivity index (χ3v) is 6.10. The summed E-state index contributed by atoms with van der Waals surface area (Å²) < 4.78 is 5.86. The normalized spacial score (nSPS) is 11.4. The molecule has 0 saturated heterocycles. The summed E-state index contributed by atoms with van der Waals surface area (Å²) in [5, 5.41) is 24.2. The molecule has 0 aliphatic carbocycles. The van der Waals surface area contributed by atoms with Crippen LogP contribution in [0.5, 0.6) is 11.5 Å². The molecule has 8 heteroatoms. The van der Waals surface area contributed by atoms with Crippen molar-refractivity contribution in [2.24, 2.45) is 0 Å². The third kappa shape index (κ3) is 7.57. The molecule has 0 aliphatic rings. The Morgan fingerprint density at radius 3 is 2.14 bits per heavy atom. The van der Waals surface area contributed by atoms with Gasteiger partial charge in [0.1, 0.15) is 25.0 Å². The lowest BCUT2D eigenvalue weighted by molar-refractivity contribution is 0.0469. The molecule has 0 radical (unpaired) electrons. The molecular weight excluding hydrogens is 476 g/mol. The monoisotopic (exact) mass is 506 g/mol. The maximum absolute atomic E-state index is 9.60. The fourth-order valence-electron chi connectivity index (χ4n) is 3.92. The minimum atomic E-state index is 0.262. The number of hydrogen-bond acceptors (Lipinski definition) is 7. The number of pyridine rings is 1. The van der Waals surface area contributed by atoms with Crippen molar-refractivity contribution in [3.05, 3.63) is 95.1 Å². The van der Waals surface area contributed by atoms with E-state index in [0.29, 0.717) is 18.5 Å². The molecule has 0 amide bonds. The van der Waals surface area contributed by atoms with E-state index in [1.54, 1.807) is 30.5 Å². The standard InChI is InChI=1S/C28H31ClN4O3/c1-32(20-36-19-31-27-12-13-30-28-16-23(29)6-11-26(27)28)14-15-33(17-21-2-7-24(34)8-3-21)18-22-4-9-25(35)10-5-22/h2-13,16,34-35H,14-15,17-20H2,1H3,(H,30,31). The van der Waals surface area contributed by atoms with Crippen molar-refractivity contribution in [1.29, 1.82) is 0 Å². The van der Waals surface area contributed by atoms with Crippen LogP contribution in [0.3, 0.4) is 0 Å². The van der Waals surface area contributed by atoms with E-state index in [2.05, 4.69) is 20.1 Å². The molecule has 4 aromatic rings. The Hall–Kier alpha value is -3.36. The summed E-state index contributed by atoms with van der Waals surface area (Å²) in [7, 11) is 2.03. The Morgan fingerprint density at radius 1 is 0.861 bits per heavy atom. The maximum atomic E-state index is 9.60. The zero-order valence-corrected chi connectivity index (χ0v) is 21.0. The van der Waals surface area contributed by atoms with Crippen LogP contribution in [0.2, 0.25) is 5.02 Å². The molecule has 0 atom stereocenters. The quantitative estimate of drug-likeness (QED) is 0.178. The first-order valence-electron chi connectivity index (χ1n) is 11.8. The summed E-state index contributed by atoms with van der Waals surface area (Å²) in [6.07, 6.45) is 1.75. The molecule has 188 valence electrons. The molecule has 0 fully saturated rings. The van der Waals surface area contributed by atoms with Crippen LogP contribution in [0, 0.1) is 0 Å². The first-order chi connectivity index (χ1) is 17.5. The molecule has 1 heterocycles. The number of rotatable bonds is 12. The van der Waals surface area contributed by atoms with E-state index in [1.807, 2.05) is 55.6 Å². The fraction of sp³-hybridized carbons (Fsp3) is 0.250. The van der Waals surface area contributed by atoms with E-state index in [9.17, 15) is 10.2 Å². The Morgan fingerprint density at radius 2 is 1.50 bits per heavy atom. The lowest BCUT2D eigenvalue weighted by atomic mass is 10.1. The van der Waals surface area contributed by atoms with Crippen molar-refractivity contribution in [3.8, 4) is 11.5 Å². The average molecular weight is 507 g/mol.